The molecule has 0 amide bonds. The molecule has 1 aromatic rings. The summed E-state index contributed by atoms with van der Waals surface area (Å²) < 4.78 is 4.60. The van der Waals surface area contributed by atoms with Gasteiger partial charge in [-0.3, -0.25) is 0 Å². The Hall–Kier alpha value is -0.540. The lowest BCUT2D eigenvalue weighted by molar-refractivity contribution is 0.557. The van der Waals surface area contributed by atoms with Crippen molar-refractivity contribution in [3.05, 3.63) is 18.4 Å². The molecule has 0 bridgehead atoms. The second-order valence-electron chi connectivity index (χ2n) is 1.13. The second kappa shape index (κ2) is 4.61. The van der Waals surface area contributed by atoms with E-state index in [-0.39, 0.29) is 18.6 Å². The maximum atomic E-state index is 4.60. The van der Waals surface area contributed by atoms with Gasteiger partial charge in [-0.2, -0.15) is 0 Å². The van der Waals surface area contributed by atoms with Gasteiger partial charge in [0.05, 0.1) is 5.69 Å². The van der Waals surface area contributed by atoms with E-state index in [1.807, 2.05) is 6.92 Å². The Morgan fingerprint density at radius 3 is 2.38 bits per heavy atom. The molecule has 3 nitrogen and oxygen atoms in total. The van der Waals surface area contributed by atoms with Crippen molar-refractivity contribution in [1.29, 1.82) is 0 Å². The Labute approximate surface area is 54.1 Å². The average molecular weight is 137 g/mol. The molecule has 0 aliphatic rings. The molecule has 0 aromatic carbocycles. The van der Waals surface area contributed by atoms with Gasteiger partial charge in [0.2, 0.25) is 0 Å². The zero-order valence-corrected chi connectivity index (χ0v) is 5.44. The fraction of sp³-hybridized carbons (Fsp3) is 0.250. The normalized spacial score (nSPS) is 6.62. The van der Waals surface area contributed by atoms with Gasteiger partial charge in [0.25, 0.3) is 0 Å². The fourth-order valence-corrected chi connectivity index (χ4v) is 0.273. The molecule has 0 fully saturated rings. The molecule has 1 heterocycles. The number of oxazole rings is 1. The van der Waals surface area contributed by atoms with E-state index in [1.54, 1.807) is 6.26 Å². The van der Waals surface area contributed by atoms with Gasteiger partial charge in [0, 0.05) is 0 Å². The van der Waals surface area contributed by atoms with Crippen LogP contribution in [0, 0.1) is 6.92 Å². The highest BCUT2D eigenvalue weighted by Gasteiger charge is 1.77. The van der Waals surface area contributed by atoms with Crippen LogP contribution in [0.2, 0.25) is 0 Å². The van der Waals surface area contributed by atoms with Crippen LogP contribution in [0.5, 0.6) is 0 Å². The molecule has 0 unspecified atom stereocenters. The summed E-state index contributed by atoms with van der Waals surface area (Å²) in [5, 5.41) is 0. The lowest BCUT2D eigenvalue weighted by atomic mass is 10.6. The van der Waals surface area contributed by atoms with E-state index in [4.69, 9.17) is 0 Å². The smallest absolute Gasteiger partial charge is 0.180 e. The first-order valence-corrected chi connectivity index (χ1v) is 1.74. The van der Waals surface area contributed by atoms with Gasteiger partial charge in [-0.05, 0) is 6.92 Å². The summed E-state index contributed by atoms with van der Waals surface area (Å²) in [6, 6.07) is 0. The van der Waals surface area contributed by atoms with Crippen LogP contribution in [0.4, 0.5) is 0 Å². The number of nitrogens with zero attached hydrogens (tertiary/aromatic N) is 1. The summed E-state index contributed by atoms with van der Waals surface area (Å²) in [6.45, 7) is 1.88. The van der Waals surface area contributed by atoms with E-state index in [1.165, 1.54) is 6.39 Å². The van der Waals surface area contributed by atoms with Crippen LogP contribution >= 0.6 is 12.4 Å². The molecule has 1 aromatic heterocycles. The zero-order valence-electron chi connectivity index (χ0n) is 4.63. The van der Waals surface area contributed by atoms with Crippen LogP contribution < -0.4 is 6.15 Å². The third kappa shape index (κ3) is 2.60. The summed E-state index contributed by atoms with van der Waals surface area (Å²) in [6.07, 6.45) is 3.01. The van der Waals surface area contributed by atoms with Crippen molar-refractivity contribution in [2.45, 2.75) is 6.92 Å². The highest BCUT2D eigenvalue weighted by atomic mass is 35.5. The highest BCUT2D eigenvalue weighted by Crippen LogP contribution is 1.86. The Bertz CT molecular complexity index is 118. The molecular weight excluding hydrogens is 128 g/mol. The van der Waals surface area contributed by atoms with Gasteiger partial charge in [-0.1, -0.05) is 0 Å². The van der Waals surface area contributed by atoms with Crippen molar-refractivity contribution < 1.29 is 4.42 Å². The Kier molecular flexibility index (Phi) is 6.02. The van der Waals surface area contributed by atoms with Crippen molar-refractivity contribution in [3.8, 4) is 0 Å². The van der Waals surface area contributed by atoms with Crippen molar-refractivity contribution in [1.82, 2.24) is 11.1 Å². The molecule has 4 heteroatoms. The van der Waals surface area contributed by atoms with Crippen LogP contribution in [0.15, 0.2) is 17.1 Å². The Morgan fingerprint density at radius 1 is 1.62 bits per heavy atom. The number of aromatic nitrogens is 1. The molecule has 1 rings (SSSR count). The second-order valence-corrected chi connectivity index (χ2v) is 1.13. The summed E-state index contributed by atoms with van der Waals surface area (Å²) >= 11 is 0. The summed E-state index contributed by atoms with van der Waals surface area (Å²) in [7, 11) is 0. The van der Waals surface area contributed by atoms with Gasteiger partial charge < -0.3 is 10.6 Å². The molecule has 0 aliphatic heterocycles. The van der Waals surface area contributed by atoms with E-state index >= 15 is 0 Å². The molecule has 8 heavy (non-hydrogen) atoms. The number of hydrogen-bond donors (Lipinski definition) is 1. The van der Waals surface area contributed by atoms with Crippen LogP contribution in [-0.2, 0) is 0 Å². The molecule has 0 radical (unpaired) electrons. The Morgan fingerprint density at radius 2 is 2.25 bits per heavy atom. The van der Waals surface area contributed by atoms with E-state index in [2.05, 4.69) is 9.40 Å². The fourth-order valence-electron chi connectivity index (χ4n) is 0.273. The number of aryl methyl sites for hydroxylation is 1. The highest BCUT2D eigenvalue weighted by molar-refractivity contribution is 5.85. The first-order valence-electron chi connectivity index (χ1n) is 1.74. The third-order valence-electron chi connectivity index (χ3n) is 0.556. The summed E-state index contributed by atoms with van der Waals surface area (Å²) in [5.74, 6) is 0. The standard InChI is InChI=1S/C4H5NO.ClH.H3N/c1-4-2-6-3-5-4;;/h2-3H,1H3;1H;1H3. The zero-order chi connectivity index (χ0) is 4.41. The van der Waals surface area contributed by atoms with Gasteiger partial charge in [0.1, 0.15) is 6.26 Å². The predicted molar refractivity (Wildman–Crippen MR) is 33.5 cm³/mol. The number of halogens is 1. The van der Waals surface area contributed by atoms with Crippen LogP contribution in [-0.4, -0.2) is 4.98 Å². The molecule has 3 N–H and O–H groups in total. The van der Waals surface area contributed by atoms with Crippen LogP contribution in [0.1, 0.15) is 5.69 Å². The van der Waals surface area contributed by atoms with Crippen molar-refractivity contribution in [2.75, 3.05) is 0 Å². The SMILES string of the molecule is Cc1cocn1.Cl.N. The van der Waals surface area contributed by atoms with E-state index in [0.717, 1.165) is 5.69 Å². The first kappa shape index (κ1) is 10.4. The van der Waals surface area contributed by atoms with E-state index in [0.29, 0.717) is 0 Å². The lowest BCUT2D eigenvalue weighted by Gasteiger charge is -1.62. The minimum absolute atomic E-state index is 0. The van der Waals surface area contributed by atoms with Gasteiger partial charge in [0.15, 0.2) is 6.39 Å². The third-order valence-corrected chi connectivity index (χ3v) is 0.556. The topological polar surface area (TPSA) is 61.0 Å². The minimum atomic E-state index is 0. The largest absolute Gasteiger partial charge is 0.452 e. The molecule has 0 atom stereocenters. The van der Waals surface area contributed by atoms with Gasteiger partial charge in [-0.25, -0.2) is 4.98 Å². The monoisotopic (exact) mass is 136 g/mol. The Balaban J connectivity index is 0. The molecule has 0 aliphatic carbocycles. The van der Waals surface area contributed by atoms with Crippen molar-refractivity contribution >= 4 is 12.4 Å². The van der Waals surface area contributed by atoms with E-state index in [9.17, 15) is 0 Å². The maximum absolute atomic E-state index is 4.60. The molecule has 0 saturated carbocycles. The summed E-state index contributed by atoms with van der Waals surface area (Å²) in [5.41, 5.74) is 0.926. The number of rotatable bonds is 0. The maximum Gasteiger partial charge on any atom is 0.180 e. The van der Waals surface area contributed by atoms with Gasteiger partial charge in [-0.15, -0.1) is 12.4 Å². The van der Waals surface area contributed by atoms with Crippen molar-refractivity contribution in [2.24, 2.45) is 0 Å². The first-order chi connectivity index (χ1) is 2.89. The van der Waals surface area contributed by atoms with Crippen LogP contribution in [0.25, 0.3) is 0 Å². The molecule has 0 spiro atoms. The quantitative estimate of drug-likeness (QED) is 0.589. The molecule has 0 saturated heterocycles. The van der Waals surface area contributed by atoms with E-state index < -0.39 is 0 Å². The molecule has 48 valence electrons. The van der Waals surface area contributed by atoms with Gasteiger partial charge >= 0.3 is 0 Å². The summed E-state index contributed by atoms with van der Waals surface area (Å²) in [4.78, 5) is 3.75. The number of hydrogen-bond acceptors (Lipinski definition) is 3. The average Bonchev–Trinajstić information content (AvgIpc) is 1.86. The predicted octanol–water partition coefficient (Wildman–Crippen LogP) is 1.57. The minimum Gasteiger partial charge on any atom is -0.452 e. The van der Waals surface area contributed by atoms with Crippen molar-refractivity contribution in [3.63, 3.8) is 0 Å². The molecular formula is C4H9ClN2O. The lowest BCUT2D eigenvalue weighted by Crippen LogP contribution is -1.59. The van der Waals surface area contributed by atoms with Crippen LogP contribution in [0.3, 0.4) is 0 Å².